The van der Waals surface area contributed by atoms with Crippen molar-refractivity contribution >= 4 is 33.5 Å². The van der Waals surface area contributed by atoms with Crippen LogP contribution in [0.15, 0.2) is 10.7 Å². The molecule has 0 unspecified atom stereocenters. The zero-order valence-electron chi connectivity index (χ0n) is 6.14. The molecule has 0 atom stereocenters. The van der Waals surface area contributed by atoms with Gasteiger partial charge in [-0.1, -0.05) is 11.6 Å². The van der Waals surface area contributed by atoms with Gasteiger partial charge in [-0.3, -0.25) is 0 Å². The van der Waals surface area contributed by atoms with Crippen molar-refractivity contribution in [2.45, 2.75) is 6.92 Å². The molecule has 5 heteroatoms. The van der Waals surface area contributed by atoms with Gasteiger partial charge in [0.25, 0.3) is 0 Å². The standard InChI is InChI=1S/C7H5BrClNO2/c1-3-5(7(11)12)4(8)2-10-6(3)9/h2H,1H3,(H,11,12). The fourth-order valence-electron chi connectivity index (χ4n) is 0.820. The Bertz CT molecular complexity index is 340. The Kier molecular flexibility index (Phi) is 2.69. The predicted octanol–water partition coefficient (Wildman–Crippen LogP) is 2.50. The van der Waals surface area contributed by atoms with Gasteiger partial charge in [0.15, 0.2) is 0 Å². The van der Waals surface area contributed by atoms with Crippen molar-refractivity contribution in [3.8, 4) is 0 Å². The van der Waals surface area contributed by atoms with Crippen LogP contribution in [0.2, 0.25) is 5.15 Å². The molecule has 1 heterocycles. The second-order valence-corrected chi connectivity index (χ2v) is 3.41. The third kappa shape index (κ3) is 1.59. The Morgan fingerprint density at radius 2 is 2.33 bits per heavy atom. The molecular weight excluding hydrogens is 245 g/mol. The van der Waals surface area contributed by atoms with E-state index in [9.17, 15) is 4.79 Å². The number of pyridine rings is 1. The minimum Gasteiger partial charge on any atom is -0.478 e. The lowest BCUT2D eigenvalue weighted by Crippen LogP contribution is -2.02. The number of aromatic nitrogens is 1. The number of rotatable bonds is 1. The van der Waals surface area contributed by atoms with Crippen molar-refractivity contribution < 1.29 is 9.90 Å². The van der Waals surface area contributed by atoms with E-state index >= 15 is 0 Å². The van der Waals surface area contributed by atoms with E-state index in [1.54, 1.807) is 6.92 Å². The van der Waals surface area contributed by atoms with Gasteiger partial charge in [-0.05, 0) is 22.9 Å². The first-order valence-corrected chi connectivity index (χ1v) is 4.25. The summed E-state index contributed by atoms with van der Waals surface area (Å²) >= 11 is 8.71. The zero-order chi connectivity index (χ0) is 9.30. The highest BCUT2D eigenvalue weighted by molar-refractivity contribution is 9.10. The molecule has 0 fully saturated rings. The van der Waals surface area contributed by atoms with Crippen LogP contribution < -0.4 is 0 Å². The summed E-state index contributed by atoms with van der Waals surface area (Å²) in [5.74, 6) is -1.01. The van der Waals surface area contributed by atoms with Crippen LogP contribution in [0.3, 0.4) is 0 Å². The van der Waals surface area contributed by atoms with Gasteiger partial charge in [-0.25, -0.2) is 9.78 Å². The molecule has 0 aliphatic carbocycles. The molecule has 64 valence electrons. The first-order chi connectivity index (χ1) is 5.54. The number of nitrogens with zero attached hydrogens (tertiary/aromatic N) is 1. The first-order valence-electron chi connectivity index (χ1n) is 3.08. The summed E-state index contributed by atoms with van der Waals surface area (Å²) < 4.78 is 0.442. The van der Waals surface area contributed by atoms with Crippen molar-refractivity contribution in [1.82, 2.24) is 4.98 Å². The summed E-state index contributed by atoms with van der Waals surface area (Å²) in [7, 11) is 0. The van der Waals surface area contributed by atoms with Gasteiger partial charge in [0.2, 0.25) is 0 Å². The van der Waals surface area contributed by atoms with E-state index in [0.717, 1.165) is 0 Å². The van der Waals surface area contributed by atoms with Crippen LogP contribution in [-0.2, 0) is 0 Å². The number of hydrogen-bond acceptors (Lipinski definition) is 2. The van der Waals surface area contributed by atoms with Crippen molar-refractivity contribution in [2.75, 3.05) is 0 Å². The molecular formula is C7H5BrClNO2. The van der Waals surface area contributed by atoms with E-state index in [1.807, 2.05) is 0 Å². The predicted molar refractivity (Wildman–Crippen MR) is 48.6 cm³/mol. The summed E-state index contributed by atoms with van der Waals surface area (Å²) in [4.78, 5) is 14.5. The SMILES string of the molecule is Cc1c(Cl)ncc(Br)c1C(=O)O. The molecule has 0 aliphatic heterocycles. The summed E-state index contributed by atoms with van der Waals surface area (Å²) in [6, 6.07) is 0. The smallest absolute Gasteiger partial charge is 0.337 e. The Morgan fingerprint density at radius 1 is 1.75 bits per heavy atom. The minimum absolute atomic E-state index is 0.162. The zero-order valence-corrected chi connectivity index (χ0v) is 8.48. The van der Waals surface area contributed by atoms with Crippen molar-refractivity contribution in [2.24, 2.45) is 0 Å². The Labute approximate surface area is 82.5 Å². The third-order valence-electron chi connectivity index (χ3n) is 1.43. The van der Waals surface area contributed by atoms with Gasteiger partial charge in [0.1, 0.15) is 5.15 Å². The minimum atomic E-state index is -1.01. The molecule has 1 N–H and O–H groups in total. The molecule has 0 bridgehead atoms. The lowest BCUT2D eigenvalue weighted by atomic mass is 10.2. The largest absolute Gasteiger partial charge is 0.478 e. The molecule has 0 spiro atoms. The maximum atomic E-state index is 10.7. The van der Waals surface area contributed by atoms with Crippen molar-refractivity contribution in [1.29, 1.82) is 0 Å². The molecule has 0 aliphatic rings. The van der Waals surface area contributed by atoms with Crippen molar-refractivity contribution in [3.63, 3.8) is 0 Å². The Hall–Kier alpha value is -0.610. The van der Waals surface area contributed by atoms with Crippen LogP contribution in [0.1, 0.15) is 15.9 Å². The van der Waals surface area contributed by atoms with E-state index in [4.69, 9.17) is 16.7 Å². The lowest BCUT2D eigenvalue weighted by molar-refractivity contribution is 0.0695. The molecule has 1 aromatic rings. The Morgan fingerprint density at radius 3 is 2.75 bits per heavy atom. The number of halogens is 2. The highest BCUT2D eigenvalue weighted by Gasteiger charge is 2.14. The van der Waals surface area contributed by atoms with Crippen LogP contribution in [0.5, 0.6) is 0 Å². The molecule has 0 amide bonds. The average Bonchev–Trinajstić information content (AvgIpc) is 1.97. The van der Waals surface area contributed by atoms with E-state index in [2.05, 4.69) is 20.9 Å². The summed E-state index contributed by atoms with van der Waals surface area (Å²) in [5.41, 5.74) is 0.633. The summed E-state index contributed by atoms with van der Waals surface area (Å²) in [6.45, 7) is 1.61. The van der Waals surface area contributed by atoms with Crippen LogP contribution >= 0.6 is 27.5 Å². The van der Waals surface area contributed by atoms with Gasteiger partial charge in [-0.2, -0.15) is 0 Å². The molecule has 12 heavy (non-hydrogen) atoms. The maximum Gasteiger partial charge on any atom is 0.337 e. The normalized spacial score (nSPS) is 9.92. The molecule has 1 aromatic heterocycles. The number of carbonyl (C=O) groups is 1. The summed E-state index contributed by atoms with van der Waals surface area (Å²) in [5, 5.41) is 8.97. The average molecular weight is 250 g/mol. The maximum absolute atomic E-state index is 10.7. The van der Waals surface area contributed by atoms with Gasteiger partial charge >= 0.3 is 5.97 Å². The van der Waals surface area contributed by atoms with E-state index < -0.39 is 5.97 Å². The van der Waals surface area contributed by atoms with Gasteiger partial charge in [0, 0.05) is 11.8 Å². The molecule has 1 rings (SSSR count). The second kappa shape index (κ2) is 3.41. The highest BCUT2D eigenvalue weighted by atomic mass is 79.9. The van der Waals surface area contributed by atoms with Crippen LogP contribution in [0.25, 0.3) is 0 Å². The summed E-state index contributed by atoms with van der Waals surface area (Å²) in [6.07, 6.45) is 1.37. The topological polar surface area (TPSA) is 50.2 Å². The molecule has 0 saturated carbocycles. The highest BCUT2D eigenvalue weighted by Crippen LogP contribution is 2.23. The van der Waals surface area contributed by atoms with Gasteiger partial charge in [0.05, 0.1) is 10.0 Å². The van der Waals surface area contributed by atoms with E-state index in [0.29, 0.717) is 10.0 Å². The van der Waals surface area contributed by atoms with E-state index in [1.165, 1.54) is 6.20 Å². The monoisotopic (exact) mass is 249 g/mol. The molecule has 0 aromatic carbocycles. The first kappa shape index (κ1) is 9.48. The molecule has 0 radical (unpaired) electrons. The quantitative estimate of drug-likeness (QED) is 0.779. The van der Waals surface area contributed by atoms with Gasteiger partial charge in [-0.15, -0.1) is 0 Å². The number of carboxylic acids is 1. The fourth-order valence-corrected chi connectivity index (χ4v) is 1.53. The lowest BCUT2D eigenvalue weighted by Gasteiger charge is -2.03. The van der Waals surface area contributed by atoms with Crippen LogP contribution in [0, 0.1) is 6.92 Å². The van der Waals surface area contributed by atoms with E-state index in [-0.39, 0.29) is 10.7 Å². The molecule has 3 nitrogen and oxygen atoms in total. The number of carboxylic acid groups (broad SMARTS) is 1. The van der Waals surface area contributed by atoms with Crippen molar-refractivity contribution in [3.05, 3.63) is 26.9 Å². The number of hydrogen-bond donors (Lipinski definition) is 1. The number of aromatic carboxylic acids is 1. The van der Waals surface area contributed by atoms with Crippen LogP contribution in [0.4, 0.5) is 0 Å². The Balaban J connectivity index is 3.43. The fraction of sp³-hybridized carbons (Fsp3) is 0.143. The van der Waals surface area contributed by atoms with Crippen LogP contribution in [-0.4, -0.2) is 16.1 Å². The van der Waals surface area contributed by atoms with Gasteiger partial charge < -0.3 is 5.11 Å². The second-order valence-electron chi connectivity index (χ2n) is 2.20. The third-order valence-corrected chi connectivity index (χ3v) is 2.41. The molecule has 0 saturated heterocycles.